The Kier molecular flexibility index (Phi) is 8.40. The molecule has 8 heteroatoms. The number of thiazole rings is 1. The van der Waals surface area contributed by atoms with Crippen LogP contribution in [0.2, 0.25) is 0 Å². The van der Waals surface area contributed by atoms with E-state index in [2.05, 4.69) is 10.3 Å². The van der Waals surface area contributed by atoms with Crippen LogP contribution in [0.4, 0.5) is 0 Å². The first kappa shape index (κ1) is 25.1. The average Bonchev–Trinajstić information content (AvgIpc) is 3.21. The van der Waals surface area contributed by atoms with E-state index >= 15 is 0 Å². The minimum absolute atomic E-state index is 0.0450. The van der Waals surface area contributed by atoms with E-state index in [4.69, 9.17) is 0 Å². The van der Waals surface area contributed by atoms with Gasteiger partial charge in [-0.2, -0.15) is 4.31 Å². The lowest BCUT2D eigenvalue weighted by molar-refractivity contribution is -0.121. The summed E-state index contributed by atoms with van der Waals surface area (Å²) < 4.78 is 26.6. The van der Waals surface area contributed by atoms with E-state index in [1.807, 2.05) is 58.0 Å². The van der Waals surface area contributed by atoms with Crippen molar-refractivity contribution < 1.29 is 13.2 Å². The molecule has 1 aromatic heterocycles. The molecule has 0 spiro atoms. The molecule has 1 N–H and O–H groups in total. The molecule has 3 rings (SSSR count). The second-order valence-electron chi connectivity index (χ2n) is 7.86. The monoisotopic (exact) mass is 485 g/mol. The van der Waals surface area contributed by atoms with Crippen LogP contribution in [0.3, 0.4) is 0 Å². The zero-order valence-electron chi connectivity index (χ0n) is 19.5. The fraction of sp³-hybridized carbons (Fsp3) is 0.360. The molecule has 2 aromatic carbocycles. The maximum absolute atomic E-state index is 12.6. The Morgan fingerprint density at radius 1 is 1.06 bits per heavy atom. The third-order valence-corrected chi connectivity index (χ3v) is 8.98. The molecule has 0 aliphatic heterocycles. The third-order valence-electron chi connectivity index (χ3n) is 5.53. The first-order valence-electron chi connectivity index (χ1n) is 11.2. The molecular weight excluding hydrogens is 454 g/mol. The molecule has 176 valence electrons. The largest absolute Gasteiger partial charge is 0.349 e. The minimum atomic E-state index is -3.47. The number of sulfonamides is 1. The second-order valence-corrected chi connectivity index (χ2v) is 10.8. The number of carbonyl (C=O) groups is 1. The van der Waals surface area contributed by atoms with Crippen LogP contribution < -0.4 is 5.32 Å². The summed E-state index contributed by atoms with van der Waals surface area (Å²) in [5.41, 5.74) is 2.93. The highest BCUT2D eigenvalue weighted by Crippen LogP contribution is 2.31. The molecule has 0 radical (unpaired) electrons. The van der Waals surface area contributed by atoms with Crippen LogP contribution in [-0.2, 0) is 21.2 Å². The van der Waals surface area contributed by atoms with Crippen molar-refractivity contribution in [3.8, 4) is 10.6 Å². The lowest BCUT2D eigenvalue weighted by Crippen LogP contribution is -2.30. The quantitative estimate of drug-likeness (QED) is 0.440. The molecule has 33 heavy (non-hydrogen) atoms. The zero-order valence-corrected chi connectivity index (χ0v) is 21.2. The van der Waals surface area contributed by atoms with Gasteiger partial charge < -0.3 is 5.32 Å². The van der Waals surface area contributed by atoms with E-state index in [1.165, 1.54) is 4.31 Å². The Balaban J connectivity index is 1.58. The fourth-order valence-corrected chi connectivity index (χ4v) is 6.22. The van der Waals surface area contributed by atoms with E-state index < -0.39 is 10.0 Å². The van der Waals surface area contributed by atoms with Gasteiger partial charge in [-0.1, -0.05) is 56.3 Å². The summed E-state index contributed by atoms with van der Waals surface area (Å²) in [4.78, 5) is 18.6. The maximum Gasteiger partial charge on any atom is 0.243 e. The number of carbonyl (C=O) groups excluding carboxylic acids is 1. The molecule has 0 bridgehead atoms. The molecular formula is C25H31N3O3S2. The van der Waals surface area contributed by atoms with Crippen molar-refractivity contribution in [2.24, 2.45) is 0 Å². The number of hydrogen-bond donors (Lipinski definition) is 1. The van der Waals surface area contributed by atoms with Gasteiger partial charge >= 0.3 is 0 Å². The van der Waals surface area contributed by atoms with Gasteiger partial charge in [0.05, 0.1) is 21.5 Å². The van der Waals surface area contributed by atoms with Crippen LogP contribution in [0.25, 0.3) is 10.6 Å². The van der Waals surface area contributed by atoms with Gasteiger partial charge in [0.25, 0.3) is 0 Å². The molecule has 0 saturated heterocycles. The number of nitrogens with zero attached hydrogens (tertiary/aromatic N) is 2. The first-order chi connectivity index (χ1) is 15.8. The summed E-state index contributed by atoms with van der Waals surface area (Å²) >= 11 is 1.60. The lowest BCUT2D eigenvalue weighted by atomic mass is 10.1. The Morgan fingerprint density at radius 2 is 1.70 bits per heavy atom. The Labute approximate surface area is 200 Å². The summed E-state index contributed by atoms with van der Waals surface area (Å²) in [6, 6.07) is 16.7. The van der Waals surface area contributed by atoms with E-state index in [0.29, 0.717) is 25.9 Å². The highest BCUT2D eigenvalue weighted by molar-refractivity contribution is 7.89. The molecule has 1 amide bonds. The van der Waals surface area contributed by atoms with Crippen LogP contribution in [0, 0.1) is 6.92 Å². The summed E-state index contributed by atoms with van der Waals surface area (Å²) in [6.45, 7) is 8.46. The van der Waals surface area contributed by atoms with E-state index in [1.54, 1.807) is 35.6 Å². The topological polar surface area (TPSA) is 79.4 Å². The average molecular weight is 486 g/mol. The highest BCUT2D eigenvalue weighted by Gasteiger charge is 2.21. The van der Waals surface area contributed by atoms with Gasteiger partial charge in [0, 0.05) is 25.1 Å². The number of benzene rings is 2. The molecule has 3 aromatic rings. The van der Waals surface area contributed by atoms with Gasteiger partial charge in [0.15, 0.2) is 0 Å². The van der Waals surface area contributed by atoms with Gasteiger partial charge in [-0.3, -0.25) is 4.79 Å². The number of nitrogens with one attached hydrogen (secondary N) is 1. The van der Waals surface area contributed by atoms with Crippen molar-refractivity contribution in [3.63, 3.8) is 0 Å². The molecule has 0 fully saturated rings. The van der Waals surface area contributed by atoms with Gasteiger partial charge in [-0.25, -0.2) is 13.4 Å². The Bertz CT molecular complexity index is 1170. The van der Waals surface area contributed by atoms with Gasteiger partial charge in [-0.15, -0.1) is 11.3 Å². The van der Waals surface area contributed by atoms with Gasteiger partial charge in [0.2, 0.25) is 15.9 Å². The molecule has 1 atom stereocenters. The van der Waals surface area contributed by atoms with Crippen LogP contribution >= 0.6 is 11.3 Å². The maximum atomic E-state index is 12.6. The molecule has 1 heterocycles. The third kappa shape index (κ3) is 6.07. The fourth-order valence-electron chi connectivity index (χ4n) is 3.69. The Morgan fingerprint density at radius 3 is 2.30 bits per heavy atom. The van der Waals surface area contributed by atoms with E-state index in [-0.39, 0.29) is 16.8 Å². The molecule has 1 unspecified atom stereocenters. The molecule has 0 aliphatic rings. The number of amides is 1. The predicted octanol–water partition coefficient (Wildman–Crippen LogP) is 4.96. The normalized spacial score (nSPS) is 12.6. The predicted molar refractivity (Wildman–Crippen MR) is 134 cm³/mol. The van der Waals surface area contributed by atoms with Crippen molar-refractivity contribution >= 4 is 27.3 Å². The molecule has 6 nitrogen and oxygen atoms in total. The van der Waals surface area contributed by atoms with Crippen molar-refractivity contribution in [2.75, 3.05) is 13.1 Å². The van der Waals surface area contributed by atoms with Crippen LogP contribution in [0.15, 0.2) is 59.5 Å². The van der Waals surface area contributed by atoms with Crippen LogP contribution in [0.5, 0.6) is 0 Å². The number of aromatic nitrogens is 1. The molecule has 0 aliphatic carbocycles. The lowest BCUT2D eigenvalue weighted by Gasteiger charge is -2.18. The standard InChI is InChI=1S/C25H31N3O3S2/c1-5-28(6-2)33(30,31)22-15-12-20(13-16-22)14-17-23(29)26-18(3)24-19(4)27-25(32-24)21-10-8-7-9-11-21/h7-13,15-16,18H,5-6,14,17H2,1-4H3,(H,26,29). The van der Waals surface area contributed by atoms with Crippen molar-refractivity contribution in [3.05, 3.63) is 70.7 Å². The van der Waals surface area contributed by atoms with Gasteiger partial charge in [0.1, 0.15) is 5.01 Å². The van der Waals surface area contributed by atoms with Crippen molar-refractivity contribution in [2.45, 2.75) is 51.5 Å². The molecule has 0 saturated carbocycles. The second kappa shape index (κ2) is 11.0. The van der Waals surface area contributed by atoms with Crippen molar-refractivity contribution in [1.29, 1.82) is 0 Å². The zero-order chi connectivity index (χ0) is 24.0. The summed E-state index contributed by atoms with van der Waals surface area (Å²) in [5, 5.41) is 4.01. The summed E-state index contributed by atoms with van der Waals surface area (Å²) in [5.74, 6) is -0.0450. The van der Waals surface area contributed by atoms with E-state index in [0.717, 1.165) is 26.7 Å². The number of hydrogen-bond acceptors (Lipinski definition) is 5. The van der Waals surface area contributed by atoms with Crippen molar-refractivity contribution in [1.82, 2.24) is 14.6 Å². The smallest absolute Gasteiger partial charge is 0.243 e. The number of aryl methyl sites for hydroxylation is 2. The van der Waals surface area contributed by atoms with E-state index in [9.17, 15) is 13.2 Å². The Hall–Kier alpha value is -2.55. The number of rotatable bonds is 10. The van der Waals surface area contributed by atoms with Crippen LogP contribution in [-0.4, -0.2) is 36.7 Å². The highest BCUT2D eigenvalue weighted by atomic mass is 32.2. The van der Waals surface area contributed by atoms with Crippen LogP contribution in [0.1, 0.15) is 49.4 Å². The first-order valence-corrected chi connectivity index (χ1v) is 13.4. The summed E-state index contributed by atoms with van der Waals surface area (Å²) in [7, 11) is -3.47. The minimum Gasteiger partial charge on any atom is -0.349 e. The summed E-state index contributed by atoms with van der Waals surface area (Å²) in [6.07, 6.45) is 0.872. The SMILES string of the molecule is CCN(CC)S(=O)(=O)c1ccc(CCC(=O)NC(C)c2sc(-c3ccccc3)nc2C)cc1. The van der Waals surface area contributed by atoms with Gasteiger partial charge in [-0.05, 0) is 38.0 Å².